The Balaban J connectivity index is 1.84. The van der Waals surface area contributed by atoms with E-state index in [0.29, 0.717) is 16.4 Å². The van der Waals surface area contributed by atoms with Crippen molar-refractivity contribution in [3.8, 4) is 5.69 Å². The van der Waals surface area contributed by atoms with Gasteiger partial charge in [0.15, 0.2) is 0 Å². The number of halogens is 1. The first-order valence-electron chi connectivity index (χ1n) is 8.14. The molecule has 0 aliphatic rings. The predicted molar refractivity (Wildman–Crippen MR) is 104 cm³/mol. The number of thiophene rings is 1. The molecule has 3 aromatic rings. The van der Waals surface area contributed by atoms with Crippen LogP contribution in [0.15, 0.2) is 30.3 Å². The lowest BCUT2D eigenvalue weighted by Crippen LogP contribution is -2.26. The zero-order valence-corrected chi connectivity index (χ0v) is 16.1. The van der Waals surface area contributed by atoms with E-state index in [1.807, 2.05) is 56.0 Å². The van der Waals surface area contributed by atoms with Gasteiger partial charge < -0.3 is 10.2 Å². The van der Waals surface area contributed by atoms with Crippen LogP contribution in [0.5, 0.6) is 0 Å². The average molecular weight is 377 g/mol. The minimum Gasteiger partial charge on any atom is -0.351 e. The fourth-order valence-corrected chi connectivity index (χ4v) is 3.94. The fourth-order valence-electron chi connectivity index (χ4n) is 2.63. The van der Waals surface area contributed by atoms with E-state index in [1.54, 1.807) is 0 Å². The van der Waals surface area contributed by atoms with Crippen LogP contribution in [0.4, 0.5) is 0 Å². The highest BCUT2D eigenvalue weighted by molar-refractivity contribution is 7.20. The molecule has 25 heavy (non-hydrogen) atoms. The van der Waals surface area contributed by atoms with Crippen LogP contribution in [0.3, 0.4) is 0 Å². The second kappa shape index (κ2) is 7.56. The van der Waals surface area contributed by atoms with Crippen molar-refractivity contribution in [2.24, 2.45) is 0 Å². The van der Waals surface area contributed by atoms with Gasteiger partial charge in [-0.15, -0.1) is 11.3 Å². The summed E-state index contributed by atoms with van der Waals surface area (Å²) >= 11 is 7.75. The van der Waals surface area contributed by atoms with Gasteiger partial charge in [0.05, 0.1) is 21.3 Å². The summed E-state index contributed by atoms with van der Waals surface area (Å²) in [6, 6.07) is 9.49. The maximum absolute atomic E-state index is 12.4. The molecule has 1 amide bonds. The molecule has 0 saturated heterocycles. The largest absolute Gasteiger partial charge is 0.351 e. The second-order valence-electron chi connectivity index (χ2n) is 6.19. The molecular formula is C18H21ClN4OS. The monoisotopic (exact) mass is 376 g/mol. The summed E-state index contributed by atoms with van der Waals surface area (Å²) in [5.41, 5.74) is 1.71. The zero-order chi connectivity index (χ0) is 18.0. The van der Waals surface area contributed by atoms with Crippen molar-refractivity contribution < 1.29 is 4.79 Å². The molecule has 132 valence electrons. The summed E-state index contributed by atoms with van der Waals surface area (Å²) in [6.07, 6.45) is 0.927. The van der Waals surface area contributed by atoms with Gasteiger partial charge in [0, 0.05) is 11.9 Å². The van der Waals surface area contributed by atoms with E-state index in [9.17, 15) is 4.79 Å². The average Bonchev–Trinajstić information content (AvgIpc) is 3.13. The molecule has 0 bridgehead atoms. The third-order valence-corrected chi connectivity index (χ3v) is 5.35. The van der Waals surface area contributed by atoms with Gasteiger partial charge in [0.25, 0.3) is 5.91 Å². The highest BCUT2D eigenvalue weighted by Crippen LogP contribution is 2.32. The van der Waals surface area contributed by atoms with Crippen LogP contribution in [0.25, 0.3) is 15.9 Å². The molecule has 0 aliphatic heterocycles. The number of fused-ring (bicyclic) bond motifs is 1. The summed E-state index contributed by atoms with van der Waals surface area (Å²) in [5, 5.41) is 9.19. The molecule has 3 rings (SSSR count). The lowest BCUT2D eigenvalue weighted by atomic mass is 10.3. The summed E-state index contributed by atoms with van der Waals surface area (Å²) in [6.45, 7) is 3.56. The molecule has 2 heterocycles. The van der Waals surface area contributed by atoms with Crippen molar-refractivity contribution in [3.63, 3.8) is 0 Å². The second-order valence-corrected chi connectivity index (χ2v) is 7.63. The molecule has 0 radical (unpaired) electrons. The van der Waals surface area contributed by atoms with Crippen LogP contribution in [0.1, 0.15) is 21.8 Å². The first-order valence-corrected chi connectivity index (χ1v) is 9.34. The summed E-state index contributed by atoms with van der Waals surface area (Å²) < 4.78 is 1.82. The zero-order valence-electron chi connectivity index (χ0n) is 14.5. The summed E-state index contributed by atoms with van der Waals surface area (Å²) in [7, 11) is 4.05. The van der Waals surface area contributed by atoms with E-state index < -0.39 is 0 Å². The van der Waals surface area contributed by atoms with Crippen molar-refractivity contribution >= 4 is 39.1 Å². The predicted octanol–water partition coefficient (Wildman–Crippen LogP) is 3.73. The molecule has 1 aromatic carbocycles. The van der Waals surface area contributed by atoms with E-state index in [2.05, 4.69) is 15.3 Å². The number of rotatable bonds is 6. The van der Waals surface area contributed by atoms with Gasteiger partial charge in [-0.05, 0) is 52.2 Å². The number of benzene rings is 1. The van der Waals surface area contributed by atoms with Crippen LogP contribution >= 0.6 is 22.9 Å². The van der Waals surface area contributed by atoms with Crippen molar-refractivity contribution in [2.45, 2.75) is 13.3 Å². The molecule has 0 unspecified atom stereocenters. The number of carbonyl (C=O) groups is 1. The van der Waals surface area contributed by atoms with Crippen molar-refractivity contribution in [1.82, 2.24) is 20.0 Å². The van der Waals surface area contributed by atoms with Gasteiger partial charge in [0.2, 0.25) is 0 Å². The Kier molecular flexibility index (Phi) is 5.42. The van der Waals surface area contributed by atoms with E-state index >= 15 is 0 Å². The number of hydrogen-bond acceptors (Lipinski definition) is 4. The number of nitrogens with zero attached hydrogens (tertiary/aromatic N) is 3. The highest BCUT2D eigenvalue weighted by Gasteiger charge is 2.17. The van der Waals surface area contributed by atoms with Crippen molar-refractivity contribution in [3.05, 3.63) is 45.9 Å². The third kappa shape index (κ3) is 3.86. The van der Waals surface area contributed by atoms with Gasteiger partial charge >= 0.3 is 0 Å². The number of aromatic nitrogens is 2. The van der Waals surface area contributed by atoms with Gasteiger partial charge in [-0.25, -0.2) is 4.68 Å². The fraction of sp³-hybridized carbons (Fsp3) is 0.333. The normalized spacial score (nSPS) is 11.4. The topological polar surface area (TPSA) is 50.2 Å². The third-order valence-electron chi connectivity index (χ3n) is 3.92. The molecule has 0 saturated carbocycles. The lowest BCUT2D eigenvalue weighted by molar-refractivity contribution is 0.0956. The maximum Gasteiger partial charge on any atom is 0.261 e. The van der Waals surface area contributed by atoms with Crippen LogP contribution in [-0.4, -0.2) is 47.8 Å². The van der Waals surface area contributed by atoms with E-state index in [4.69, 9.17) is 11.6 Å². The van der Waals surface area contributed by atoms with E-state index in [0.717, 1.165) is 34.6 Å². The Hall–Kier alpha value is -1.89. The number of para-hydroxylation sites is 1. The molecule has 0 atom stereocenters. The van der Waals surface area contributed by atoms with Crippen LogP contribution in [-0.2, 0) is 0 Å². The van der Waals surface area contributed by atoms with Crippen molar-refractivity contribution in [1.29, 1.82) is 0 Å². The number of carbonyl (C=O) groups excluding carboxylic acids is 1. The maximum atomic E-state index is 12.4. The Morgan fingerprint density at radius 1 is 1.36 bits per heavy atom. The molecule has 5 nitrogen and oxygen atoms in total. The van der Waals surface area contributed by atoms with Crippen LogP contribution < -0.4 is 5.32 Å². The number of nitrogens with one attached hydrogen (secondary N) is 1. The number of aryl methyl sites for hydroxylation is 1. The molecule has 0 fully saturated rings. The number of amides is 1. The first-order chi connectivity index (χ1) is 12.0. The van der Waals surface area contributed by atoms with E-state index in [-0.39, 0.29) is 5.91 Å². The molecule has 2 aromatic heterocycles. The number of hydrogen-bond donors (Lipinski definition) is 1. The summed E-state index contributed by atoms with van der Waals surface area (Å²) in [4.78, 5) is 16.1. The Morgan fingerprint density at radius 3 is 2.84 bits per heavy atom. The first kappa shape index (κ1) is 17.9. The Morgan fingerprint density at radius 2 is 2.12 bits per heavy atom. The molecule has 1 N–H and O–H groups in total. The quantitative estimate of drug-likeness (QED) is 0.667. The minimum absolute atomic E-state index is 0.0370. The molecular weight excluding hydrogens is 356 g/mol. The van der Waals surface area contributed by atoms with Crippen molar-refractivity contribution in [2.75, 3.05) is 27.2 Å². The smallest absolute Gasteiger partial charge is 0.261 e. The SMILES string of the molecule is Cc1nn(-c2ccccc2Cl)c2sc(C(=O)NCCCN(C)C)cc12. The van der Waals surface area contributed by atoms with Gasteiger partial charge in [0.1, 0.15) is 4.83 Å². The lowest BCUT2D eigenvalue weighted by Gasteiger charge is -2.09. The van der Waals surface area contributed by atoms with E-state index in [1.165, 1.54) is 11.3 Å². The van der Waals surface area contributed by atoms with Gasteiger partial charge in [-0.2, -0.15) is 5.10 Å². The highest BCUT2D eigenvalue weighted by atomic mass is 35.5. The minimum atomic E-state index is -0.0370. The standard InChI is InChI=1S/C18H21ClN4OS/c1-12-13-11-16(17(24)20-9-6-10-22(2)3)25-18(13)23(21-12)15-8-5-4-7-14(15)19/h4-5,7-8,11H,6,9-10H2,1-3H3,(H,20,24). The Bertz CT molecular complexity index is 900. The molecule has 0 aliphatic carbocycles. The summed E-state index contributed by atoms with van der Waals surface area (Å²) in [5.74, 6) is -0.0370. The Labute approximate surface area is 156 Å². The van der Waals surface area contributed by atoms with Gasteiger partial charge in [-0.3, -0.25) is 4.79 Å². The van der Waals surface area contributed by atoms with Gasteiger partial charge in [-0.1, -0.05) is 23.7 Å². The molecule has 0 spiro atoms. The van der Waals surface area contributed by atoms with Crippen LogP contribution in [0, 0.1) is 6.92 Å². The molecule has 7 heteroatoms. The van der Waals surface area contributed by atoms with Crippen LogP contribution in [0.2, 0.25) is 5.02 Å².